The Labute approximate surface area is 118 Å². The Bertz CT molecular complexity index is 555. The number of nitriles is 1. The summed E-state index contributed by atoms with van der Waals surface area (Å²) in [6.07, 6.45) is 0. The first-order valence-electron chi connectivity index (χ1n) is 6.59. The van der Waals surface area contributed by atoms with Gasteiger partial charge in [-0.2, -0.15) is 5.26 Å². The molecule has 2 atom stereocenters. The van der Waals surface area contributed by atoms with Crippen LogP contribution in [0.25, 0.3) is 0 Å². The SMILES string of the molecule is CC1CN(c2ccc([N+](=O)[O-])c(C#N)c2)CC(C)N1C. The summed E-state index contributed by atoms with van der Waals surface area (Å²) >= 11 is 0. The minimum Gasteiger partial charge on any atom is -0.368 e. The molecule has 20 heavy (non-hydrogen) atoms. The van der Waals surface area contributed by atoms with Crippen LogP contribution in [0, 0.1) is 21.4 Å². The van der Waals surface area contributed by atoms with Crippen LogP contribution in [0.3, 0.4) is 0 Å². The molecule has 6 heteroatoms. The first-order chi connectivity index (χ1) is 9.43. The van der Waals surface area contributed by atoms with E-state index in [0.29, 0.717) is 12.1 Å². The first kappa shape index (κ1) is 14.3. The van der Waals surface area contributed by atoms with Gasteiger partial charge in [0.05, 0.1) is 4.92 Å². The van der Waals surface area contributed by atoms with Gasteiger partial charge in [-0.25, -0.2) is 0 Å². The van der Waals surface area contributed by atoms with Gasteiger partial charge in [-0.15, -0.1) is 0 Å². The Morgan fingerprint density at radius 3 is 2.45 bits per heavy atom. The van der Waals surface area contributed by atoms with Crippen molar-refractivity contribution < 1.29 is 4.92 Å². The van der Waals surface area contributed by atoms with Crippen molar-refractivity contribution in [1.29, 1.82) is 5.26 Å². The predicted octanol–water partition coefficient (Wildman–Crippen LogP) is 2.00. The molecule has 0 saturated carbocycles. The normalized spacial score (nSPS) is 23.4. The smallest absolute Gasteiger partial charge is 0.287 e. The Balaban J connectivity index is 2.30. The van der Waals surface area contributed by atoms with Crippen LogP contribution in [-0.2, 0) is 0 Å². The standard InChI is InChI=1S/C14H18N4O2/c1-10-8-17(9-11(2)16(10)3)13-4-5-14(18(19)20)12(6-13)7-15/h4-6,10-11H,8-9H2,1-3H3. The molecule has 106 valence electrons. The Morgan fingerprint density at radius 2 is 1.95 bits per heavy atom. The number of hydrogen-bond donors (Lipinski definition) is 0. The number of piperazine rings is 1. The van der Waals surface area contributed by atoms with Crippen LogP contribution >= 0.6 is 0 Å². The summed E-state index contributed by atoms with van der Waals surface area (Å²) < 4.78 is 0. The molecule has 0 aliphatic carbocycles. The summed E-state index contributed by atoms with van der Waals surface area (Å²) in [5.41, 5.74) is 0.858. The molecule has 0 N–H and O–H groups in total. The van der Waals surface area contributed by atoms with Crippen molar-refractivity contribution in [1.82, 2.24) is 4.90 Å². The largest absolute Gasteiger partial charge is 0.368 e. The van der Waals surface area contributed by atoms with Crippen molar-refractivity contribution in [3.8, 4) is 6.07 Å². The van der Waals surface area contributed by atoms with Crippen molar-refractivity contribution in [2.24, 2.45) is 0 Å². The van der Waals surface area contributed by atoms with E-state index in [1.807, 2.05) is 6.07 Å². The van der Waals surface area contributed by atoms with Crippen LogP contribution in [0.15, 0.2) is 18.2 Å². The van der Waals surface area contributed by atoms with Gasteiger partial charge >= 0.3 is 0 Å². The Kier molecular flexibility index (Phi) is 3.91. The molecule has 6 nitrogen and oxygen atoms in total. The van der Waals surface area contributed by atoms with Crippen LogP contribution < -0.4 is 4.90 Å². The number of benzene rings is 1. The lowest BCUT2D eigenvalue weighted by Gasteiger charge is -2.43. The van der Waals surface area contributed by atoms with E-state index >= 15 is 0 Å². The van der Waals surface area contributed by atoms with E-state index in [1.165, 1.54) is 6.07 Å². The average molecular weight is 274 g/mol. The van der Waals surface area contributed by atoms with Crippen LogP contribution in [0.4, 0.5) is 11.4 Å². The molecule has 1 heterocycles. The van der Waals surface area contributed by atoms with Crippen LogP contribution in [0.2, 0.25) is 0 Å². The van der Waals surface area contributed by atoms with Crippen LogP contribution in [0.1, 0.15) is 19.4 Å². The molecule has 1 aliphatic rings. The Hall–Kier alpha value is -2.13. The van der Waals surface area contributed by atoms with E-state index in [-0.39, 0.29) is 11.3 Å². The highest BCUT2D eigenvalue weighted by molar-refractivity contribution is 5.60. The van der Waals surface area contributed by atoms with Gasteiger partial charge in [-0.3, -0.25) is 15.0 Å². The number of rotatable bonds is 2. The number of nitro benzene ring substituents is 1. The second-order valence-electron chi connectivity index (χ2n) is 5.34. The minimum absolute atomic E-state index is 0.117. The molecule has 2 rings (SSSR count). The van der Waals surface area contributed by atoms with Crippen LogP contribution in [0.5, 0.6) is 0 Å². The van der Waals surface area contributed by atoms with Crippen LogP contribution in [-0.4, -0.2) is 42.0 Å². The highest BCUT2D eigenvalue weighted by Gasteiger charge is 2.27. The maximum Gasteiger partial charge on any atom is 0.287 e. The van der Waals surface area contributed by atoms with Gasteiger partial charge < -0.3 is 4.90 Å². The van der Waals surface area contributed by atoms with Crippen molar-refractivity contribution in [2.45, 2.75) is 25.9 Å². The zero-order valence-corrected chi connectivity index (χ0v) is 11.9. The van der Waals surface area contributed by atoms with Crippen molar-refractivity contribution in [3.05, 3.63) is 33.9 Å². The first-order valence-corrected chi connectivity index (χ1v) is 6.59. The van der Waals surface area contributed by atoms with Crippen molar-refractivity contribution >= 4 is 11.4 Å². The summed E-state index contributed by atoms with van der Waals surface area (Å²) in [4.78, 5) is 14.8. The molecular formula is C14H18N4O2. The third-order valence-electron chi connectivity index (χ3n) is 4.02. The summed E-state index contributed by atoms with van der Waals surface area (Å²) in [5.74, 6) is 0. The average Bonchev–Trinajstić information content (AvgIpc) is 2.43. The predicted molar refractivity (Wildman–Crippen MR) is 76.7 cm³/mol. The lowest BCUT2D eigenvalue weighted by atomic mass is 10.1. The highest BCUT2D eigenvalue weighted by Crippen LogP contribution is 2.27. The van der Waals surface area contributed by atoms with Crippen molar-refractivity contribution in [3.63, 3.8) is 0 Å². The summed E-state index contributed by atoms with van der Waals surface area (Å²) in [6, 6.07) is 7.47. The van der Waals surface area contributed by atoms with E-state index < -0.39 is 4.92 Å². The maximum absolute atomic E-state index is 10.8. The fourth-order valence-electron chi connectivity index (χ4n) is 2.58. The Morgan fingerprint density at radius 1 is 1.35 bits per heavy atom. The second-order valence-corrected chi connectivity index (χ2v) is 5.34. The summed E-state index contributed by atoms with van der Waals surface area (Å²) in [7, 11) is 2.10. The molecule has 0 bridgehead atoms. The molecule has 0 spiro atoms. The fraction of sp³-hybridized carbons (Fsp3) is 0.500. The number of nitro groups is 1. The van der Waals surface area contributed by atoms with Gasteiger partial charge in [-0.1, -0.05) is 0 Å². The number of hydrogen-bond acceptors (Lipinski definition) is 5. The number of likely N-dealkylation sites (N-methyl/N-ethyl adjacent to an activating group) is 1. The molecule has 1 aliphatic heterocycles. The number of nitrogens with zero attached hydrogens (tertiary/aromatic N) is 4. The lowest BCUT2D eigenvalue weighted by molar-refractivity contribution is -0.385. The van der Waals surface area contributed by atoms with Crippen molar-refractivity contribution in [2.75, 3.05) is 25.0 Å². The quantitative estimate of drug-likeness (QED) is 0.609. The molecule has 1 aromatic rings. The summed E-state index contributed by atoms with van der Waals surface area (Å²) in [5, 5.41) is 19.9. The van der Waals surface area contributed by atoms with E-state index in [4.69, 9.17) is 5.26 Å². The molecular weight excluding hydrogens is 256 g/mol. The van der Waals surface area contributed by atoms with E-state index in [0.717, 1.165) is 18.8 Å². The van der Waals surface area contributed by atoms with Gasteiger partial charge in [0.1, 0.15) is 11.6 Å². The number of anilines is 1. The second kappa shape index (κ2) is 5.47. The zero-order chi connectivity index (χ0) is 14.9. The molecule has 0 amide bonds. The fourth-order valence-corrected chi connectivity index (χ4v) is 2.58. The molecule has 2 unspecified atom stereocenters. The van der Waals surface area contributed by atoms with Gasteiger partial charge in [0.2, 0.25) is 0 Å². The third kappa shape index (κ3) is 2.58. The van der Waals surface area contributed by atoms with E-state index in [9.17, 15) is 10.1 Å². The highest BCUT2D eigenvalue weighted by atomic mass is 16.6. The van der Waals surface area contributed by atoms with Gasteiger partial charge in [0.15, 0.2) is 0 Å². The molecule has 0 radical (unpaired) electrons. The molecule has 1 aromatic carbocycles. The monoisotopic (exact) mass is 274 g/mol. The minimum atomic E-state index is -0.516. The topological polar surface area (TPSA) is 73.4 Å². The lowest BCUT2D eigenvalue weighted by Crippen LogP contribution is -2.55. The molecule has 1 saturated heterocycles. The molecule has 0 aromatic heterocycles. The van der Waals surface area contributed by atoms with Gasteiger partial charge in [0.25, 0.3) is 5.69 Å². The van der Waals surface area contributed by atoms with Gasteiger partial charge in [-0.05, 0) is 33.0 Å². The molecule has 1 fully saturated rings. The van der Waals surface area contributed by atoms with E-state index in [1.54, 1.807) is 12.1 Å². The zero-order valence-electron chi connectivity index (χ0n) is 11.9. The summed E-state index contributed by atoms with van der Waals surface area (Å²) in [6.45, 7) is 6.01. The van der Waals surface area contributed by atoms with E-state index in [2.05, 4.69) is 30.7 Å². The third-order valence-corrected chi connectivity index (χ3v) is 4.02. The van der Waals surface area contributed by atoms with Gasteiger partial charge in [0, 0.05) is 36.9 Å². The maximum atomic E-state index is 10.8.